The van der Waals surface area contributed by atoms with E-state index in [0.29, 0.717) is 0 Å². The van der Waals surface area contributed by atoms with Gasteiger partial charge in [0.1, 0.15) is 5.60 Å². The third-order valence-electron chi connectivity index (χ3n) is 3.30. The van der Waals surface area contributed by atoms with E-state index >= 15 is 0 Å². The SMILES string of the molecule is C=CC(CC(=O)OC(C)(C)C)O[Si](C)(C)C(C)(C)C. The van der Waals surface area contributed by atoms with Crippen LogP contribution in [-0.2, 0) is 14.0 Å². The number of rotatable bonds is 5. The Balaban J connectivity index is 4.62. The Morgan fingerprint density at radius 2 is 1.68 bits per heavy atom. The third-order valence-corrected chi connectivity index (χ3v) is 7.81. The lowest BCUT2D eigenvalue weighted by Crippen LogP contribution is -2.44. The summed E-state index contributed by atoms with van der Waals surface area (Å²) in [6, 6.07) is 0. The zero-order valence-electron chi connectivity index (χ0n) is 13.8. The van der Waals surface area contributed by atoms with Gasteiger partial charge in [-0.2, -0.15) is 0 Å². The summed E-state index contributed by atoms with van der Waals surface area (Å²) in [5.41, 5.74) is -0.459. The van der Waals surface area contributed by atoms with Gasteiger partial charge in [0.15, 0.2) is 8.32 Å². The molecule has 0 heterocycles. The van der Waals surface area contributed by atoms with Crippen molar-refractivity contribution in [3.8, 4) is 0 Å². The van der Waals surface area contributed by atoms with Gasteiger partial charge in [-0.25, -0.2) is 0 Å². The first kappa shape index (κ1) is 18.4. The molecule has 0 saturated carbocycles. The smallest absolute Gasteiger partial charge is 0.309 e. The minimum Gasteiger partial charge on any atom is -0.460 e. The van der Waals surface area contributed by atoms with Crippen molar-refractivity contribution in [3.63, 3.8) is 0 Å². The molecule has 4 heteroatoms. The molecule has 0 aromatic carbocycles. The van der Waals surface area contributed by atoms with E-state index in [2.05, 4.69) is 40.4 Å². The molecule has 0 radical (unpaired) electrons. The van der Waals surface area contributed by atoms with Gasteiger partial charge in [0.25, 0.3) is 0 Å². The predicted molar refractivity (Wildman–Crippen MR) is 82.7 cm³/mol. The molecule has 0 aliphatic rings. The molecule has 3 nitrogen and oxygen atoms in total. The lowest BCUT2D eigenvalue weighted by atomic mass is 10.2. The topological polar surface area (TPSA) is 35.5 Å². The van der Waals surface area contributed by atoms with Gasteiger partial charge in [-0.3, -0.25) is 4.79 Å². The zero-order valence-corrected chi connectivity index (χ0v) is 14.8. The van der Waals surface area contributed by atoms with Gasteiger partial charge in [0, 0.05) is 0 Å². The summed E-state index contributed by atoms with van der Waals surface area (Å²) >= 11 is 0. The summed E-state index contributed by atoms with van der Waals surface area (Å²) in [4.78, 5) is 11.8. The molecule has 0 amide bonds. The van der Waals surface area contributed by atoms with Gasteiger partial charge in [-0.05, 0) is 38.9 Å². The van der Waals surface area contributed by atoms with E-state index in [4.69, 9.17) is 9.16 Å². The Labute approximate surface area is 119 Å². The van der Waals surface area contributed by atoms with Gasteiger partial charge < -0.3 is 9.16 Å². The van der Waals surface area contributed by atoms with E-state index in [0.717, 1.165) is 0 Å². The molecule has 0 fully saturated rings. The first-order chi connectivity index (χ1) is 8.28. The molecule has 0 bridgehead atoms. The lowest BCUT2D eigenvalue weighted by molar-refractivity contribution is -0.156. The molecule has 0 aromatic heterocycles. The molecule has 1 unspecified atom stereocenters. The van der Waals surface area contributed by atoms with E-state index in [1.54, 1.807) is 6.08 Å². The number of hydrogen-bond acceptors (Lipinski definition) is 3. The standard InChI is InChI=1S/C15H30O3Si/c1-10-12(11-13(16)17-14(2,3)4)18-19(8,9)15(5,6)7/h10,12H,1,11H2,2-9H3. The normalized spacial score (nSPS) is 14.9. The Bertz CT molecular complexity index is 321. The van der Waals surface area contributed by atoms with Crippen LogP contribution >= 0.6 is 0 Å². The van der Waals surface area contributed by atoms with E-state index in [9.17, 15) is 4.79 Å². The summed E-state index contributed by atoms with van der Waals surface area (Å²) in [7, 11) is -1.89. The lowest BCUT2D eigenvalue weighted by Gasteiger charge is -2.38. The molecule has 0 N–H and O–H groups in total. The summed E-state index contributed by atoms with van der Waals surface area (Å²) in [6.45, 7) is 20.2. The van der Waals surface area contributed by atoms with Gasteiger partial charge >= 0.3 is 5.97 Å². The highest BCUT2D eigenvalue weighted by Crippen LogP contribution is 2.37. The second-order valence-electron chi connectivity index (χ2n) is 7.44. The summed E-state index contributed by atoms with van der Waals surface area (Å²) < 4.78 is 11.5. The van der Waals surface area contributed by atoms with E-state index in [1.807, 2.05) is 20.8 Å². The third kappa shape index (κ3) is 6.92. The molecular weight excluding hydrogens is 256 g/mol. The molecule has 0 spiro atoms. The van der Waals surface area contributed by atoms with Crippen molar-refractivity contribution in [2.24, 2.45) is 0 Å². The van der Waals surface area contributed by atoms with E-state index in [-0.39, 0.29) is 23.5 Å². The zero-order chi connectivity index (χ0) is 15.5. The van der Waals surface area contributed by atoms with Crippen molar-refractivity contribution in [1.82, 2.24) is 0 Å². The molecule has 0 rings (SSSR count). The van der Waals surface area contributed by atoms with Crippen LogP contribution in [0.2, 0.25) is 18.1 Å². The van der Waals surface area contributed by atoms with Gasteiger partial charge in [0.05, 0.1) is 12.5 Å². The first-order valence-electron chi connectivity index (χ1n) is 6.81. The molecule has 0 aliphatic carbocycles. The van der Waals surface area contributed by atoms with Crippen molar-refractivity contribution in [1.29, 1.82) is 0 Å². The molecule has 19 heavy (non-hydrogen) atoms. The van der Waals surface area contributed by atoms with Crippen LogP contribution in [0.4, 0.5) is 0 Å². The Morgan fingerprint density at radius 3 is 2.00 bits per heavy atom. The molecular formula is C15H30O3Si. The van der Waals surface area contributed by atoms with Crippen LogP contribution in [0.3, 0.4) is 0 Å². The largest absolute Gasteiger partial charge is 0.460 e. The average Bonchev–Trinajstić information content (AvgIpc) is 2.11. The Hall–Kier alpha value is -0.613. The highest BCUT2D eigenvalue weighted by Gasteiger charge is 2.39. The summed E-state index contributed by atoms with van der Waals surface area (Å²) in [5.74, 6) is -0.240. The maximum atomic E-state index is 11.8. The van der Waals surface area contributed by atoms with Crippen molar-refractivity contribution >= 4 is 14.3 Å². The summed E-state index contributed by atoms with van der Waals surface area (Å²) in [5, 5.41) is 0.113. The van der Waals surface area contributed by atoms with Gasteiger partial charge in [0.2, 0.25) is 0 Å². The number of carbonyl (C=O) groups is 1. The highest BCUT2D eigenvalue weighted by molar-refractivity contribution is 6.74. The molecule has 112 valence electrons. The molecule has 0 saturated heterocycles. The second-order valence-corrected chi connectivity index (χ2v) is 12.2. The van der Waals surface area contributed by atoms with Crippen LogP contribution in [0, 0.1) is 0 Å². The second kappa shape index (κ2) is 6.22. The van der Waals surface area contributed by atoms with Crippen LogP contribution in [0.25, 0.3) is 0 Å². The van der Waals surface area contributed by atoms with Crippen LogP contribution in [0.5, 0.6) is 0 Å². The number of hydrogen-bond donors (Lipinski definition) is 0. The first-order valence-corrected chi connectivity index (χ1v) is 9.71. The minimum absolute atomic E-state index is 0.113. The maximum Gasteiger partial charge on any atom is 0.309 e. The number of ether oxygens (including phenoxy) is 1. The predicted octanol–water partition coefficient (Wildman–Crippen LogP) is 4.29. The molecule has 1 atom stereocenters. The molecule has 0 aliphatic heterocycles. The fraction of sp³-hybridized carbons (Fsp3) is 0.800. The van der Waals surface area contributed by atoms with Crippen LogP contribution in [-0.4, -0.2) is 26.0 Å². The summed E-state index contributed by atoms with van der Waals surface area (Å²) in [6.07, 6.45) is 1.66. The van der Waals surface area contributed by atoms with Crippen LogP contribution in [0.15, 0.2) is 12.7 Å². The van der Waals surface area contributed by atoms with Crippen molar-refractivity contribution in [2.75, 3.05) is 0 Å². The molecule has 0 aromatic rings. The maximum absolute atomic E-state index is 11.8. The van der Waals surface area contributed by atoms with E-state index < -0.39 is 13.9 Å². The van der Waals surface area contributed by atoms with Crippen molar-refractivity contribution < 1.29 is 14.0 Å². The number of esters is 1. The quantitative estimate of drug-likeness (QED) is 0.429. The monoisotopic (exact) mass is 286 g/mol. The average molecular weight is 286 g/mol. The Morgan fingerprint density at radius 1 is 1.21 bits per heavy atom. The minimum atomic E-state index is -1.89. The Kier molecular flexibility index (Phi) is 6.02. The van der Waals surface area contributed by atoms with Crippen LogP contribution < -0.4 is 0 Å². The van der Waals surface area contributed by atoms with E-state index in [1.165, 1.54) is 0 Å². The fourth-order valence-electron chi connectivity index (χ4n) is 1.28. The van der Waals surface area contributed by atoms with Gasteiger partial charge in [-0.15, -0.1) is 6.58 Å². The van der Waals surface area contributed by atoms with Gasteiger partial charge in [-0.1, -0.05) is 26.8 Å². The fourth-order valence-corrected chi connectivity index (χ4v) is 2.57. The van der Waals surface area contributed by atoms with Crippen LogP contribution in [0.1, 0.15) is 48.0 Å². The van der Waals surface area contributed by atoms with Crippen molar-refractivity contribution in [3.05, 3.63) is 12.7 Å². The highest BCUT2D eigenvalue weighted by atomic mass is 28.4. The van der Waals surface area contributed by atoms with Crippen molar-refractivity contribution in [2.45, 2.75) is 77.8 Å². The number of carbonyl (C=O) groups excluding carboxylic acids is 1.